The Morgan fingerprint density at radius 1 is 1.56 bits per heavy atom. The van der Waals surface area contributed by atoms with Crippen LogP contribution >= 0.6 is 23.1 Å². The second kappa shape index (κ2) is 5.02. The van der Waals surface area contributed by atoms with Crippen LogP contribution in [0.25, 0.3) is 0 Å². The fourth-order valence-electron chi connectivity index (χ4n) is 1.48. The number of aryl methyl sites for hydroxylation is 1. The summed E-state index contributed by atoms with van der Waals surface area (Å²) >= 11 is 2.11. The van der Waals surface area contributed by atoms with Crippen molar-refractivity contribution < 1.29 is 19.5 Å². The molecule has 1 fully saturated rings. The van der Waals surface area contributed by atoms with Crippen molar-refractivity contribution in [2.45, 2.75) is 18.6 Å². The van der Waals surface area contributed by atoms with Gasteiger partial charge in [0.2, 0.25) is 16.9 Å². The van der Waals surface area contributed by atoms with Gasteiger partial charge in [0.1, 0.15) is 5.01 Å². The Morgan fingerprint density at radius 2 is 2.28 bits per heavy atom. The van der Waals surface area contributed by atoms with Gasteiger partial charge in [0, 0.05) is 6.42 Å². The summed E-state index contributed by atoms with van der Waals surface area (Å²) in [6.45, 7) is 1.73. The van der Waals surface area contributed by atoms with Crippen molar-refractivity contribution in [3.8, 4) is 0 Å². The molecule has 0 saturated carbocycles. The smallest absolute Gasteiger partial charge is 0.313 e. The van der Waals surface area contributed by atoms with Crippen LogP contribution in [0.15, 0.2) is 0 Å². The molecule has 1 unspecified atom stereocenters. The van der Waals surface area contributed by atoms with E-state index in [1.165, 1.54) is 0 Å². The summed E-state index contributed by atoms with van der Waals surface area (Å²) in [5, 5.41) is 16.3. The summed E-state index contributed by atoms with van der Waals surface area (Å²) in [7, 11) is 0. The molecule has 2 amide bonds. The number of carbonyl (C=O) groups is 3. The maximum absolute atomic E-state index is 12.0. The SMILES string of the molecule is Cc1nnc(N2C(=O)CC(SCC(=O)O)C2=O)s1. The highest BCUT2D eigenvalue weighted by atomic mass is 32.2. The van der Waals surface area contributed by atoms with Crippen LogP contribution in [0.3, 0.4) is 0 Å². The Balaban J connectivity index is 2.12. The molecule has 1 aliphatic rings. The van der Waals surface area contributed by atoms with Crippen molar-refractivity contribution in [1.82, 2.24) is 10.2 Å². The molecule has 0 radical (unpaired) electrons. The Labute approximate surface area is 110 Å². The fraction of sp³-hybridized carbons (Fsp3) is 0.444. The van der Waals surface area contributed by atoms with Crippen LogP contribution in [-0.4, -0.2) is 44.1 Å². The molecule has 1 N–H and O–H groups in total. The number of rotatable bonds is 4. The Bertz CT molecular complexity index is 516. The molecule has 1 aliphatic heterocycles. The van der Waals surface area contributed by atoms with Gasteiger partial charge in [0.25, 0.3) is 0 Å². The van der Waals surface area contributed by atoms with Gasteiger partial charge >= 0.3 is 5.97 Å². The number of aromatic nitrogens is 2. The number of amides is 2. The van der Waals surface area contributed by atoms with E-state index in [0.717, 1.165) is 28.0 Å². The van der Waals surface area contributed by atoms with E-state index in [2.05, 4.69) is 10.2 Å². The zero-order valence-corrected chi connectivity index (χ0v) is 11.0. The van der Waals surface area contributed by atoms with E-state index in [9.17, 15) is 14.4 Å². The summed E-state index contributed by atoms with van der Waals surface area (Å²) in [4.78, 5) is 35.1. The van der Waals surface area contributed by atoms with Crippen LogP contribution in [0.2, 0.25) is 0 Å². The number of thioether (sulfide) groups is 1. The van der Waals surface area contributed by atoms with Gasteiger partial charge in [-0.05, 0) is 6.92 Å². The van der Waals surface area contributed by atoms with E-state index in [4.69, 9.17) is 5.11 Å². The minimum absolute atomic E-state index is 0.00933. The maximum Gasteiger partial charge on any atom is 0.313 e. The summed E-state index contributed by atoms with van der Waals surface area (Å²) in [5.74, 6) is -1.99. The molecule has 0 spiro atoms. The first-order valence-corrected chi connectivity index (χ1v) is 6.86. The molecule has 2 rings (SSSR count). The van der Waals surface area contributed by atoms with Gasteiger partial charge in [0.15, 0.2) is 0 Å². The third-order valence-electron chi connectivity index (χ3n) is 2.22. The molecule has 0 aliphatic carbocycles. The minimum Gasteiger partial charge on any atom is -0.481 e. The van der Waals surface area contributed by atoms with Gasteiger partial charge in [-0.2, -0.15) is 0 Å². The van der Waals surface area contributed by atoms with Gasteiger partial charge in [-0.3, -0.25) is 14.4 Å². The molecule has 18 heavy (non-hydrogen) atoms. The minimum atomic E-state index is -1.01. The summed E-state index contributed by atoms with van der Waals surface area (Å²) < 4.78 is 0. The second-order valence-corrected chi connectivity index (χ2v) is 5.92. The average molecular weight is 287 g/mol. The van der Waals surface area contributed by atoms with Crippen LogP contribution in [0.4, 0.5) is 5.13 Å². The lowest BCUT2D eigenvalue weighted by Crippen LogP contribution is -2.31. The molecule has 9 heteroatoms. The van der Waals surface area contributed by atoms with E-state index in [1.54, 1.807) is 6.92 Å². The number of hydrogen-bond acceptors (Lipinski definition) is 7. The number of carboxylic acids is 1. The highest BCUT2D eigenvalue weighted by Crippen LogP contribution is 2.30. The van der Waals surface area contributed by atoms with Gasteiger partial charge in [-0.1, -0.05) is 11.3 Å². The molecule has 0 bridgehead atoms. The molecule has 1 aromatic rings. The quantitative estimate of drug-likeness (QED) is 0.794. The Kier molecular flexibility index (Phi) is 3.62. The van der Waals surface area contributed by atoms with Crippen molar-refractivity contribution in [1.29, 1.82) is 0 Å². The zero-order valence-electron chi connectivity index (χ0n) is 9.32. The summed E-state index contributed by atoms with van der Waals surface area (Å²) in [6, 6.07) is 0. The normalized spacial score (nSPS) is 19.6. The number of anilines is 1. The van der Waals surface area contributed by atoms with Crippen molar-refractivity contribution in [2.24, 2.45) is 0 Å². The molecule has 2 heterocycles. The van der Waals surface area contributed by atoms with Gasteiger partial charge < -0.3 is 5.11 Å². The second-order valence-electron chi connectivity index (χ2n) is 3.57. The molecule has 1 atom stereocenters. The largest absolute Gasteiger partial charge is 0.481 e. The van der Waals surface area contributed by atoms with Gasteiger partial charge in [0.05, 0.1) is 11.0 Å². The molecule has 7 nitrogen and oxygen atoms in total. The molecule has 0 aromatic carbocycles. The van der Waals surface area contributed by atoms with Gasteiger partial charge in [-0.25, -0.2) is 4.90 Å². The van der Waals surface area contributed by atoms with Crippen LogP contribution in [0, 0.1) is 6.92 Å². The lowest BCUT2D eigenvalue weighted by atomic mass is 10.4. The Morgan fingerprint density at radius 3 is 2.83 bits per heavy atom. The molecule has 1 saturated heterocycles. The first-order valence-electron chi connectivity index (χ1n) is 4.99. The predicted octanol–water partition coefficient (Wildman–Crippen LogP) is 0.296. The molecule has 96 valence electrons. The zero-order chi connectivity index (χ0) is 13.3. The van der Waals surface area contributed by atoms with E-state index in [0.29, 0.717) is 5.01 Å². The van der Waals surface area contributed by atoms with E-state index in [-0.39, 0.29) is 23.2 Å². The first-order chi connectivity index (χ1) is 8.49. The monoisotopic (exact) mass is 287 g/mol. The number of nitrogens with zero attached hydrogens (tertiary/aromatic N) is 3. The van der Waals surface area contributed by atoms with Crippen molar-refractivity contribution >= 4 is 46.0 Å². The average Bonchev–Trinajstić information content (AvgIpc) is 2.81. The predicted molar refractivity (Wildman–Crippen MR) is 65.6 cm³/mol. The van der Waals surface area contributed by atoms with E-state index < -0.39 is 17.1 Å². The Hall–Kier alpha value is -1.48. The van der Waals surface area contributed by atoms with Crippen LogP contribution in [0.1, 0.15) is 11.4 Å². The van der Waals surface area contributed by atoms with Crippen LogP contribution < -0.4 is 4.90 Å². The number of imide groups is 1. The third-order valence-corrected chi connectivity index (χ3v) is 4.23. The highest BCUT2D eigenvalue weighted by molar-refractivity contribution is 8.01. The third kappa shape index (κ3) is 2.51. The molecular formula is C9H9N3O4S2. The molecule has 1 aromatic heterocycles. The van der Waals surface area contributed by atoms with Crippen LogP contribution in [0.5, 0.6) is 0 Å². The summed E-state index contributed by atoms with van der Waals surface area (Å²) in [6.07, 6.45) is 0.00933. The molecular weight excluding hydrogens is 278 g/mol. The van der Waals surface area contributed by atoms with Crippen molar-refractivity contribution in [2.75, 3.05) is 10.7 Å². The van der Waals surface area contributed by atoms with Crippen LogP contribution in [-0.2, 0) is 14.4 Å². The lowest BCUT2D eigenvalue weighted by Gasteiger charge is -2.09. The summed E-state index contributed by atoms with van der Waals surface area (Å²) in [5.41, 5.74) is 0. The van der Waals surface area contributed by atoms with E-state index in [1.807, 2.05) is 0 Å². The number of carbonyl (C=O) groups excluding carboxylic acids is 2. The lowest BCUT2D eigenvalue weighted by molar-refractivity contribution is -0.134. The topological polar surface area (TPSA) is 100 Å². The standard InChI is InChI=1S/C9H9N3O4S2/c1-4-10-11-9(18-4)12-6(13)2-5(8(12)16)17-3-7(14)15/h5H,2-3H2,1H3,(H,14,15). The highest BCUT2D eigenvalue weighted by Gasteiger charge is 2.41. The fourth-order valence-corrected chi connectivity index (χ4v) is 3.05. The maximum atomic E-state index is 12.0. The van der Waals surface area contributed by atoms with E-state index >= 15 is 0 Å². The number of carboxylic acid groups (broad SMARTS) is 1. The number of aliphatic carboxylic acids is 1. The number of hydrogen-bond donors (Lipinski definition) is 1. The first kappa shape index (κ1) is 13.0. The van der Waals surface area contributed by atoms with Crippen molar-refractivity contribution in [3.05, 3.63) is 5.01 Å². The van der Waals surface area contributed by atoms with Crippen molar-refractivity contribution in [3.63, 3.8) is 0 Å². The van der Waals surface area contributed by atoms with Gasteiger partial charge in [-0.15, -0.1) is 22.0 Å².